The van der Waals surface area contributed by atoms with E-state index in [1.807, 2.05) is 30.3 Å². The molecule has 0 bridgehead atoms. The number of nitro benzene ring substituents is 1. The highest BCUT2D eigenvalue weighted by Crippen LogP contribution is 2.19. The quantitative estimate of drug-likeness (QED) is 0.564. The molecule has 1 aromatic heterocycles. The first-order valence-corrected chi connectivity index (χ1v) is 7.45. The Bertz CT molecular complexity index is 909. The topological polar surface area (TPSA) is 116 Å². The highest BCUT2D eigenvalue weighted by atomic mass is 16.6. The number of rotatable bonds is 5. The number of benzene rings is 2. The second kappa shape index (κ2) is 6.87. The summed E-state index contributed by atoms with van der Waals surface area (Å²) in [5, 5.41) is 25.5. The van der Waals surface area contributed by atoms with Gasteiger partial charge in [0.2, 0.25) is 5.82 Å². The van der Waals surface area contributed by atoms with Gasteiger partial charge in [-0.2, -0.15) is 4.80 Å². The summed E-state index contributed by atoms with van der Waals surface area (Å²) in [6.45, 7) is 1.61. The Balaban J connectivity index is 1.74. The van der Waals surface area contributed by atoms with Crippen LogP contribution in [0.5, 0.6) is 0 Å². The minimum absolute atomic E-state index is 0.101. The van der Waals surface area contributed by atoms with Crippen molar-refractivity contribution in [3.63, 3.8) is 0 Å². The Kier molecular flexibility index (Phi) is 4.46. The number of nitrogens with one attached hydrogen (secondary N) is 1. The van der Waals surface area contributed by atoms with Gasteiger partial charge in [-0.3, -0.25) is 14.9 Å². The first kappa shape index (κ1) is 16.2. The van der Waals surface area contributed by atoms with Crippen molar-refractivity contribution in [1.82, 2.24) is 20.2 Å². The number of hydrogen-bond donors (Lipinski definition) is 1. The molecule has 9 heteroatoms. The molecule has 1 heterocycles. The Morgan fingerprint density at radius 2 is 1.96 bits per heavy atom. The van der Waals surface area contributed by atoms with Crippen LogP contribution in [-0.4, -0.2) is 31.0 Å². The first-order chi connectivity index (χ1) is 12.0. The van der Waals surface area contributed by atoms with Gasteiger partial charge in [0, 0.05) is 23.4 Å². The molecule has 0 aliphatic heterocycles. The van der Waals surface area contributed by atoms with E-state index in [-0.39, 0.29) is 5.69 Å². The number of nitrogens with zero attached hydrogens (tertiary/aromatic N) is 5. The van der Waals surface area contributed by atoms with E-state index in [1.54, 1.807) is 13.0 Å². The number of aromatic nitrogens is 4. The molecule has 3 rings (SSSR count). The van der Waals surface area contributed by atoms with Crippen LogP contribution in [0.15, 0.2) is 54.6 Å². The average molecular weight is 338 g/mol. The van der Waals surface area contributed by atoms with E-state index in [2.05, 4.69) is 20.7 Å². The molecule has 0 aliphatic carbocycles. The number of carbonyl (C=O) groups excluding carboxylic acids is 1. The lowest BCUT2D eigenvalue weighted by Gasteiger charge is -2.10. The number of non-ortho nitro benzene ring substituents is 1. The minimum atomic E-state index is -0.732. The van der Waals surface area contributed by atoms with Crippen LogP contribution >= 0.6 is 0 Å². The second-order valence-electron chi connectivity index (χ2n) is 5.27. The minimum Gasteiger partial charge on any atom is -0.324 e. The summed E-state index contributed by atoms with van der Waals surface area (Å²) in [7, 11) is 0. The van der Waals surface area contributed by atoms with Crippen molar-refractivity contribution in [2.45, 2.75) is 13.0 Å². The molecule has 1 N–H and O–H groups in total. The summed E-state index contributed by atoms with van der Waals surface area (Å²) in [5.41, 5.74) is 1.02. The highest BCUT2D eigenvalue weighted by Gasteiger charge is 2.19. The van der Waals surface area contributed by atoms with Crippen LogP contribution in [0.3, 0.4) is 0 Å². The highest BCUT2D eigenvalue weighted by molar-refractivity contribution is 5.93. The van der Waals surface area contributed by atoms with Gasteiger partial charge >= 0.3 is 0 Å². The predicted octanol–water partition coefficient (Wildman–Crippen LogP) is 2.45. The molecule has 0 spiro atoms. The molecule has 0 saturated carbocycles. The zero-order valence-electron chi connectivity index (χ0n) is 13.2. The van der Waals surface area contributed by atoms with Crippen LogP contribution in [-0.2, 0) is 4.79 Å². The lowest BCUT2D eigenvalue weighted by molar-refractivity contribution is -0.384. The number of hydrogen-bond acceptors (Lipinski definition) is 6. The van der Waals surface area contributed by atoms with Crippen molar-refractivity contribution < 1.29 is 9.72 Å². The van der Waals surface area contributed by atoms with Gasteiger partial charge in [-0.15, -0.1) is 10.2 Å². The van der Waals surface area contributed by atoms with Crippen LogP contribution in [0.4, 0.5) is 11.4 Å². The van der Waals surface area contributed by atoms with Crippen molar-refractivity contribution in [1.29, 1.82) is 0 Å². The maximum atomic E-state index is 12.3. The van der Waals surface area contributed by atoms with E-state index in [4.69, 9.17) is 0 Å². The molecule has 25 heavy (non-hydrogen) atoms. The molecule has 1 unspecified atom stereocenters. The molecule has 0 radical (unpaired) electrons. The Morgan fingerprint density at radius 3 is 2.68 bits per heavy atom. The van der Waals surface area contributed by atoms with Crippen molar-refractivity contribution >= 4 is 17.3 Å². The molecular formula is C16H14N6O3. The van der Waals surface area contributed by atoms with Gasteiger partial charge in [0.1, 0.15) is 6.04 Å². The van der Waals surface area contributed by atoms with Gasteiger partial charge in [0.05, 0.1) is 4.92 Å². The van der Waals surface area contributed by atoms with Gasteiger partial charge in [-0.25, -0.2) is 0 Å². The molecule has 126 valence electrons. The largest absolute Gasteiger partial charge is 0.324 e. The molecule has 0 saturated heterocycles. The maximum Gasteiger partial charge on any atom is 0.271 e. The summed E-state index contributed by atoms with van der Waals surface area (Å²) >= 11 is 0. The van der Waals surface area contributed by atoms with E-state index < -0.39 is 16.9 Å². The van der Waals surface area contributed by atoms with Crippen molar-refractivity contribution in [2.75, 3.05) is 5.32 Å². The first-order valence-electron chi connectivity index (χ1n) is 7.45. The third kappa shape index (κ3) is 3.66. The van der Waals surface area contributed by atoms with Gasteiger partial charge in [0.15, 0.2) is 0 Å². The standard InChI is InChI=1S/C16H14N6O3/c1-11(16(23)17-13-8-5-9-14(10-13)22(24)25)21-19-15(18-20-21)12-6-3-2-4-7-12/h2-11H,1H3,(H,17,23). The number of tetrazole rings is 1. The second-order valence-corrected chi connectivity index (χ2v) is 5.27. The Hall–Kier alpha value is -3.62. The Morgan fingerprint density at radius 1 is 1.20 bits per heavy atom. The molecule has 9 nitrogen and oxygen atoms in total. The fourth-order valence-electron chi connectivity index (χ4n) is 2.14. The number of amides is 1. The van der Waals surface area contributed by atoms with Gasteiger partial charge in [-0.05, 0) is 18.2 Å². The molecule has 0 aliphatic rings. The van der Waals surface area contributed by atoms with Gasteiger partial charge < -0.3 is 5.32 Å². The molecule has 1 amide bonds. The van der Waals surface area contributed by atoms with Crippen LogP contribution in [0.2, 0.25) is 0 Å². The van der Waals surface area contributed by atoms with Gasteiger partial charge in [0.25, 0.3) is 11.6 Å². The maximum absolute atomic E-state index is 12.3. The van der Waals surface area contributed by atoms with Crippen molar-refractivity contribution in [2.24, 2.45) is 0 Å². The number of nitro groups is 1. The number of anilines is 1. The molecule has 3 aromatic rings. The monoisotopic (exact) mass is 338 g/mol. The average Bonchev–Trinajstić information content (AvgIpc) is 3.12. The Labute approximate surface area is 142 Å². The molecular weight excluding hydrogens is 324 g/mol. The van der Waals surface area contributed by atoms with Gasteiger partial charge in [-0.1, -0.05) is 36.4 Å². The van der Waals surface area contributed by atoms with Crippen LogP contribution < -0.4 is 5.32 Å². The van der Waals surface area contributed by atoms with Crippen LogP contribution in [0.25, 0.3) is 11.4 Å². The zero-order chi connectivity index (χ0) is 17.8. The van der Waals surface area contributed by atoms with Crippen molar-refractivity contribution in [3.8, 4) is 11.4 Å². The van der Waals surface area contributed by atoms with E-state index in [0.717, 1.165) is 5.56 Å². The normalized spacial score (nSPS) is 11.7. The van der Waals surface area contributed by atoms with E-state index >= 15 is 0 Å². The number of carbonyl (C=O) groups is 1. The summed E-state index contributed by atoms with van der Waals surface area (Å²) in [6.07, 6.45) is 0. The summed E-state index contributed by atoms with van der Waals surface area (Å²) < 4.78 is 0. The third-order valence-electron chi connectivity index (χ3n) is 3.51. The van der Waals surface area contributed by atoms with Crippen molar-refractivity contribution in [3.05, 3.63) is 64.7 Å². The molecule has 1 atom stereocenters. The van der Waals surface area contributed by atoms with E-state index in [0.29, 0.717) is 11.5 Å². The molecule has 2 aromatic carbocycles. The lowest BCUT2D eigenvalue weighted by atomic mass is 10.2. The van der Waals surface area contributed by atoms with Crippen LogP contribution in [0.1, 0.15) is 13.0 Å². The van der Waals surface area contributed by atoms with E-state index in [9.17, 15) is 14.9 Å². The summed E-state index contributed by atoms with van der Waals surface area (Å²) in [5.74, 6) is 0.00751. The third-order valence-corrected chi connectivity index (χ3v) is 3.51. The lowest BCUT2D eigenvalue weighted by Crippen LogP contribution is -2.25. The van der Waals surface area contributed by atoms with Crippen LogP contribution in [0, 0.1) is 10.1 Å². The fourth-order valence-corrected chi connectivity index (χ4v) is 2.14. The smallest absolute Gasteiger partial charge is 0.271 e. The zero-order valence-corrected chi connectivity index (χ0v) is 13.2. The summed E-state index contributed by atoms with van der Waals surface area (Å²) in [6, 6.07) is 14.3. The predicted molar refractivity (Wildman–Crippen MR) is 89.7 cm³/mol. The molecule has 0 fully saturated rings. The SMILES string of the molecule is CC(C(=O)Nc1cccc([N+](=O)[O-])c1)n1nnc(-c2ccccc2)n1. The van der Waals surface area contributed by atoms with E-state index in [1.165, 1.54) is 23.0 Å². The fraction of sp³-hybridized carbons (Fsp3) is 0.125. The summed E-state index contributed by atoms with van der Waals surface area (Å²) in [4.78, 5) is 23.8.